The number of methoxy groups -OCH3 is 2. The molecule has 1 aromatic heterocycles. The predicted molar refractivity (Wildman–Crippen MR) is 122 cm³/mol. The van der Waals surface area contributed by atoms with Crippen LogP contribution >= 0.6 is 24.0 Å². The first kappa shape index (κ1) is 20.9. The van der Waals surface area contributed by atoms with E-state index in [1.54, 1.807) is 14.2 Å². The number of aromatic nitrogens is 1. The average molecular weight is 480 g/mol. The molecule has 3 rings (SSSR count). The standard InChI is InChI=1S/C20H24N4O2.HI/c1-13-5-4-6-16-14(12-23-19(13)16)9-10-22-20(21)24-17-11-15(25-2)7-8-18(17)26-3;/h4-8,11-12,23H,9-10H2,1-3H3,(H3,21,22,24);1H. The van der Waals surface area contributed by atoms with Crippen LogP contribution in [-0.4, -0.2) is 31.7 Å². The van der Waals surface area contributed by atoms with E-state index in [0.29, 0.717) is 18.3 Å². The lowest BCUT2D eigenvalue weighted by molar-refractivity contribution is 0.405. The number of aryl methyl sites for hydroxylation is 1. The lowest BCUT2D eigenvalue weighted by atomic mass is 10.1. The number of hydrogen-bond donors (Lipinski definition) is 3. The van der Waals surface area contributed by atoms with E-state index in [-0.39, 0.29) is 24.0 Å². The van der Waals surface area contributed by atoms with Crippen molar-refractivity contribution in [1.29, 1.82) is 0 Å². The number of anilines is 1. The van der Waals surface area contributed by atoms with Crippen LogP contribution in [0.4, 0.5) is 5.69 Å². The molecule has 0 fully saturated rings. The molecule has 0 amide bonds. The van der Waals surface area contributed by atoms with Gasteiger partial charge in [-0.15, -0.1) is 24.0 Å². The minimum Gasteiger partial charge on any atom is -0.497 e. The molecule has 0 atom stereocenters. The highest BCUT2D eigenvalue weighted by Crippen LogP contribution is 2.28. The molecule has 0 saturated carbocycles. The van der Waals surface area contributed by atoms with Gasteiger partial charge in [-0.05, 0) is 36.6 Å². The zero-order chi connectivity index (χ0) is 18.5. The molecule has 0 unspecified atom stereocenters. The zero-order valence-corrected chi connectivity index (χ0v) is 18.0. The van der Waals surface area contributed by atoms with Crippen molar-refractivity contribution < 1.29 is 9.47 Å². The number of aromatic amines is 1. The van der Waals surface area contributed by atoms with Crippen LogP contribution < -0.4 is 20.5 Å². The molecule has 0 aliphatic rings. The van der Waals surface area contributed by atoms with Crippen LogP contribution in [0.15, 0.2) is 47.6 Å². The average Bonchev–Trinajstić information content (AvgIpc) is 3.06. The maximum Gasteiger partial charge on any atom is 0.193 e. The summed E-state index contributed by atoms with van der Waals surface area (Å²) in [6, 6.07) is 11.8. The maximum atomic E-state index is 6.03. The number of H-pyrrole nitrogens is 1. The van der Waals surface area contributed by atoms with Crippen LogP contribution in [-0.2, 0) is 6.42 Å². The lowest BCUT2D eigenvalue weighted by Gasteiger charge is -2.12. The Morgan fingerprint density at radius 1 is 1.19 bits per heavy atom. The molecule has 27 heavy (non-hydrogen) atoms. The Morgan fingerprint density at radius 2 is 2.00 bits per heavy atom. The third kappa shape index (κ3) is 4.85. The Hall–Kier alpha value is -2.42. The number of fused-ring (bicyclic) bond motifs is 1. The third-order valence-corrected chi connectivity index (χ3v) is 4.34. The van der Waals surface area contributed by atoms with E-state index in [9.17, 15) is 0 Å². The van der Waals surface area contributed by atoms with Crippen LogP contribution in [0.5, 0.6) is 11.5 Å². The first-order valence-corrected chi connectivity index (χ1v) is 8.47. The van der Waals surface area contributed by atoms with Crippen molar-refractivity contribution >= 4 is 46.5 Å². The van der Waals surface area contributed by atoms with Crippen molar-refractivity contribution in [2.75, 3.05) is 26.1 Å². The number of guanidine groups is 1. The van der Waals surface area contributed by atoms with E-state index < -0.39 is 0 Å². The van der Waals surface area contributed by atoms with Crippen molar-refractivity contribution in [3.63, 3.8) is 0 Å². The summed E-state index contributed by atoms with van der Waals surface area (Å²) in [6.07, 6.45) is 2.85. The van der Waals surface area contributed by atoms with Gasteiger partial charge in [0.2, 0.25) is 0 Å². The number of hydrogen-bond acceptors (Lipinski definition) is 3. The first-order valence-electron chi connectivity index (χ1n) is 8.47. The second kappa shape index (κ2) is 9.50. The molecule has 0 aliphatic heterocycles. The highest BCUT2D eigenvalue weighted by atomic mass is 127. The van der Waals surface area contributed by atoms with Gasteiger partial charge < -0.3 is 25.5 Å². The number of nitrogens with one attached hydrogen (secondary N) is 2. The Morgan fingerprint density at radius 3 is 2.74 bits per heavy atom. The SMILES string of the molecule is COc1ccc(OC)c(NC(N)=NCCc2c[nH]c3c(C)cccc23)c1.I. The first-order chi connectivity index (χ1) is 12.6. The summed E-state index contributed by atoms with van der Waals surface area (Å²) in [6.45, 7) is 2.69. The van der Waals surface area contributed by atoms with E-state index in [1.165, 1.54) is 22.0 Å². The van der Waals surface area contributed by atoms with Crippen LogP contribution in [0.25, 0.3) is 10.9 Å². The Kier molecular flexibility index (Phi) is 7.35. The fourth-order valence-electron chi connectivity index (χ4n) is 2.96. The van der Waals surface area contributed by atoms with Gasteiger partial charge in [0, 0.05) is 29.7 Å². The van der Waals surface area contributed by atoms with E-state index in [0.717, 1.165) is 17.9 Å². The fraction of sp³-hybridized carbons (Fsp3) is 0.250. The highest BCUT2D eigenvalue weighted by molar-refractivity contribution is 14.0. The molecule has 1 heterocycles. The van der Waals surface area contributed by atoms with Crippen LogP contribution in [0.2, 0.25) is 0 Å². The number of rotatable bonds is 6. The number of aliphatic imine (C=N–C) groups is 1. The fourth-order valence-corrected chi connectivity index (χ4v) is 2.96. The smallest absolute Gasteiger partial charge is 0.193 e. The van der Waals surface area contributed by atoms with E-state index in [4.69, 9.17) is 15.2 Å². The molecule has 0 bridgehead atoms. The van der Waals surface area contributed by atoms with Gasteiger partial charge in [0.05, 0.1) is 19.9 Å². The zero-order valence-electron chi connectivity index (χ0n) is 15.7. The van der Waals surface area contributed by atoms with Crippen molar-refractivity contribution in [1.82, 2.24) is 4.98 Å². The second-order valence-corrected chi connectivity index (χ2v) is 6.02. The summed E-state index contributed by atoms with van der Waals surface area (Å²) < 4.78 is 10.6. The topological polar surface area (TPSA) is 84.7 Å². The predicted octanol–water partition coefficient (Wildman–Crippen LogP) is 4.08. The summed E-state index contributed by atoms with van der Waals surface area (Å²) in [5.41, 5.74) is 10.4. The van der Waals surface area contributed by atoms with Crippen molar-refractivity contribution in [3.05, 3.63) is 53.7 Å². The summed E-state index contributed by atoms with van der Waals surface area (Å²) in [5.74, 6) is 1.74. The Bertz CT molecular complexity index is 937. The lowest BCUT2D eigenvalue weighted by Crippen LogP contribution is -2.23. The minimum atomic E-state index is 0. The number of ether oxygens (including phenoxy) is 2. The summed E-state index contributed by atoms with van der Waals surface area (Å²) in [7, 11) is 3.23. The molecule has 7 heteroatoms. The van der Waals surface area contributed by atoms with Gasteiger partial charge in [-0.2, -0.15) is 0 Å². The largest absolute Gasteiger partial charge is 0.497 e. The molecule has 2 aromatic carbocycles. The van der Waals surface area contributed by atoms with Gasteiger partial charge in [0.15, 0.2) is 5.96 Å². The Balaban J connectivity index is 0.00000261. The third-order valence-electron chi connectivity index (χ3n) is 4.34. The van der Waals surface area contributed by atoms with E-state index in [2.05, 4.69) is 40.4 Å². The van der Waals surface area contributed by atoms with Crippen LogP contribution in [0, 0.1) is 6.92 Å². The molecular weight excluding hydrogens is 455 g/mol. The van der Waals surface area contributed by atoms with Gasteiger partial charge in [-0.3, -0.25) is 4.99 Å². The number of nitrogens with zero attached hydrogens (tertiary/aromatic N) is 1. The monoisotopic (exact) mass is 480 g/mol. The summed E-state index contributed by atoms with van der Waals surface area (Å²) in [5, 5.41) is 4.31. The van der Waals surface area contributed by atoms with E-state index >= 15 is 0 Å². The molecule has 0 saturated heterocycles. The molecule has 3 aromatic rings. The molecule has 6 nitrogen and oxygen atoms in total. The number of nitrogens with two attached hydrogens (primary N) is 1. The van der Waals surface area contributed by atoms with E-state index in [1.807, 2.05) is 24.4 Å². The second-order valence-electron chi connectivity index (χ2n) is 6.02. The molecule has 0 spiro atoms. The minimum absolute atomic E-state index is 0. The van der Waals surface area contributed by atoms with Gasteiger partial charge >= 0.3 is 0 Å². The molecule has 144 valence electrons. The normalized spacial score (nSPS) is 11.1. The van der Waals surface area contributed by atoms with Gasteiger partial charge in [-0.25, -0.2) is 0 Å². The van der Waals surface area contributed by atoms with Crippen molar-refractivity contribution in [2.24, 2.45) is 10.7 Å². The maximum absolute atomic E-state index is 6.03. The van der Waals surface area contributed by atoms with Crippen LogP contribution in [0.1, 0.15) is 11.1 Å². The van der Waals surface area contributed by atoms with Gasteiger partial charge in [0.25, 0.3) is 0 Å². The summed E-state index contributed by atoms with van der Waals surface area (Å²) >= 11 is 0. The van der Waals surface area contributed by atoms with Crippen LogP contribution in [0.3, 0.4) is 0 Å². The highest BCUT2D eigenvalue weighted by Gasteiger charge is 2.07. The number of halogens is 1. The summed E-state index contributed by atoms with van der Waals surface area (Å²) in [4.78, 5) is 7.76. The quantitative estimate of drug-likeness (QED) is 0.282. The van der Waals surface area contributed by atoms with Crippen molar-refractivity contribution in [2.45, 2.75) is 13.3 Å². The molecule has 0 radical (unpaired) electrons. The van der Waals surface area contributed by atoms with Gasteiger partial charge in [0.1, 0.15) is 11.5 Å². The Labute approximate surface area is 176 Å². The molecule has 4 N–H and O–H groups in total. The molecular formula is C20H25IN4O2. The van der Waals surface area contributed by atoms with Gasteiger partial charge in [-0.1, -0.05) is 18.2 Å². The number of para-hydroxylation sites is 1. The number of benzene rings is 2. The van der Waals surface area contributed by atoms with Crippen molar-refractivity contribution in [3.8, 4) is 11.5 Å². The molecule has 0 aliphatic carbocycles.